The lowest BCUT2D eigenvalue weighted by molar-refractivity contribution is 0.100. The quantitative estimate of drug-likeness (QED) is 0.666. The van der Waals surface area contributed by atoms with Crippen LogP contribution in [0.3, 0.4) is 0 Å². The minimum atomic E-state index is 0.0911. The Kier molecular flexibility index (Phi) is 2.26. The molecule has 0 bridgehead atoms. The number of rotatable bonds is 1. The van der Waals surface area contributed by atoms with Crippen molar-refractivity contribution in [3.8, 4) is 0 Å². The van der Waals surface area contributed by atoms with Crippen LogP contribution >= 0.6 is 11.8 Å². The first-order chi connectivity index (χ1) is 8.16. The number of carbonyl (C=O) groups is 1. The topological polar surface area (TPSA) is 34.0 Å². The maximum atomic E-state index is 11.5. The third-order valence-electron chi connectivity index (χ3n) is 2.90. The fourth-order valence-electron chi connectivity index (χ4n) is 2.04. The first kappa shape index (κ1) is 10.5. The van der Waals surface area contributed by atoms with Crippen molar-refractivity contribution in [2.24, 2.45) is 7.05 Å². The van der Waals surface area contributed by atoms with E-state index in [2.05, 4.69) is 11.4 Å². The van der Waals surface area contributed by atoms with Gasteiger partial charge in [0.15, 0.2) is 5.78 Å². The van der Waals surface area contributed by atoms with Gasteiger partial charge >= 0.3 is 0 Å². The normalized spacial score (nSPS) is 12.6. The third kappa shape index (κ3) is 1.56. The van der Waals surface area contributed by atoms with Crippen LogP contribution in [0, 0.1) is 0 Å². The molecule has 17 heavy (non-hydrogen) atoms. The smallest absolute Gasteiger partial charge is 0.176 e. The molecule has 3 nitrogen and oxygen atoms in total. The van der Waals surface area contributed by atoms with Crippen molar-refractivity contribution in [2.45, 2.75) is 16.8 Å². The number of hydrogen-bond donors (Lipinski definition) is 1. The van der Waals surface area contributed by atoms with Crippen LogP contribution in [0.1, 0.15) is 17.4 Å². The lowest BCUT2D eigenvalue weighted by atomic mass is 10.3. The number of hydrogen-bond acceptors (Lipinski definition) is 3. The Balaban J connectivity index is 2.12. The summed E-state index contributed by atoms with van der Waals surface area (Å²) in [6.07, 6.45) is 0. The summed E-state index contributed by atoms with van der Waals surface area (Å²) >= 11 is 1.70. The van der Waals surface area contributed by atoms with Crippen LogP contribution in [-0.4, -0.2) is 10.4 Å². The van der Waals surface area contributed by atoms with E-state index < -0.39 is 0 Å². The summed E-state index contributed by atoms with van der Waals surface area (Å²) in [4.78, 5) is 12.7. The minimum Gasteiger partial charge on any atom is -0.352 e. The second-order valence-corrected chi connectivity index (χ2v) is 5.12. The van der Waals surface area contributed by atoms with Crippen molar-refractivity contribution in [1.29, 1.82) is 0 Å². The molecule has 2 aromatic rings. The van der Waals surface area contributed by atoms with Gasteiger partial charge in [-0.3, -0.25) is 4.79 Å². The van der Waals surface area contributed by atoms with Crippen LogP contribution in [-0.2, 0) is 7.05 Å². The molecule has 0 spiro atoms. The van der Waals surface area contributed by atoms with Gasteiger partial charge in [-0.25, -0.2) is 0 Å². The molecule has 1 aliphatic rings. The average molecular weight is 244 g/mol. The van der Waals surface area contributed by atoms with E-state index in [1.165, 1.54) is 4.90 Å². The highest BCUT2D eigenvalue weighted by Gasteiger charge is 2.21. The summed E-state index contributed by atoms with van der Waals surface area (Å²) in [6, 6.07) is 10.1. The summed E-state index contributed by atoms with van der Waals surface area (Å²) in [5.41, 5.74) is 2.86. The van der Waals surface area contributed by atoms with Gasteiger partial charge in [0.2, 0.25) is 0 Å². The number of anilines is 2. The molecule has 1 N–H and O–H groups in total. The fraction of sp³-hybridized carbons (Fsp3) is 0.154. The number of aromatic nitrogens is 1. The number of fused-ring (bicyclic) bond motifs is 2. The lowest BCUT2D eigenvalue weighted by Crippen LogP contribution is -2.03. The zero-order valence-electron chi connectivity index (χ0n) is 9.65. The van der Waals surface area contributed by atoms with Crippen LogP contribution < -0.4 is 5.32 Å². The van der Waals surface area contributed by atoms with Gasteiger partial charge in [-0.05, 0) is 18.2 Å². The first-order valence-electron chi connectivity index (χ1n) is 5.41. The summed E-state index contributed by atoms with van der Waals surface area (Å²) in [5, 5.41) is 4.45. The van der Waals surface area contributed by atoms with Crippen LogP contribution in [0.25, 0.3) is 0 Å². The zero-order chi connectivity index (χ0) is 12.0. The maximum absolute atomic E-state index is 11.5. The molecule has 0 atom stereocenters. The van der Waals surface area contributed by atoms with Crippen LogP contribution in [0.4, 0.5) is 11.4 Å². The number of carbonyl (C=O) groups excluding carboxylic acids is 1. The van der Waals surface area contributed by atoms with Gasteiger partial charge in [0.05, 0.1) is 17.1 Å². The van der Waals surface area contributed by atoms with Gasteiger partial charge in [0.1, 0.15) is 5.03 Å². The Hall–Kier alpha value is -1.68. The molecule has 1 aromatic heterocycles. The molecule has 0 unspecified atom stereocenters. The van der Waals surface area contributed by atoms with Gasteiger partial charge < -0.3 is 9.88 Å². The molecule has 0 fully saturated rings. The van der Waals surface area contributed by atoms with Crippen LogP contribution in [0.2, 0.25) is 0 Å². The molecule has 0 amide bonds. The van der Waals surface area contributed by atoms with Gasteiger partial charge in [0, 0.05) is 18.9 Å². The van der Waals surface area contributed by atoms with E-state index in [-0.39, 0.29) is 5.78 Å². The Labute approximate surface area is 104 Å². The predicted molar refractivity (Wildman–Crippen MR) is 69.3 cm³/mol. The minimum absolute atomic E-state index is 0.0911. The summed E-state index contributed by atoms with van der Waals surface area (Å²) in [6.45, 7) is 1.60. The second kappa shape index (κ2) is 3.67. The average Bonchev–Trinajstić information content (AvgIpc) is 2.64. The number of nitrogens with zero attached hydrogens (tertiary/aromatic N) is 1. The van der Waals surface area contributed by atoms with Gasteiger partial charge in [-0.1, -0.05) is 23.9 Å². The van der Waals surface area contributed by atoms with E-state index in [9.17, 15) is 4.79 Å². The van der Waals surface area contributed by atoms with Crippen molar-refractivity contribution in [3.63, 3.8) is 0 Å². The van der Waals surface area contributed by atoms with E-state index in [1.807, 2.05) is 35.9 Å². The van der Waals surface area contributed by atoms with Crippen molar-refractivity contribution < 1.29 is 4.79 Å². The van der Waals surface area contributed by atoms with E-state index in [1.54, 1.807) is 18.7 Å². The highest BCUT2D eigenvalue weighted by Crippen LogP contribution is 2.45. The van der Waals surface area contributed by atoms with Crippen molar-refractivity contribution in [1.82, 2.24) is 4.57 Å². The van der Waals surface area contributed by atoms with E-state index in [0.717, 1.165) is 22.1 Å². The number of Topliss-reactive ketones (excluding diaryl/α,β-unsaturated/α-hetero) is 1. The molecule has 1 aliphatic heterocycles. The third-order valence-corrected chi connectivity index (χ3v) is 4.16. The van der Waals surface area contributed by atoms with Crippen molar-refractivity contribution >= 4 is 28.9 Å². The number of ketones is 1. The summed E-state index contributed by atoms with van der Waals surface area (Å²) < 4.78 is 1.95. The number of para-hydroxylation sites is 1. The molecule has 0 aliphatic carbocycles. The Morgan fingerprint density at radius 1 is 1.29 bits per heavy atom. The molecule has 86 valence electrons. The van der Waals surface area contributed by atoms with E-state index in [0.29, 0.717) is 0 Å². The van der Waals surface area contributed by atoms with Crippen LogP contribution in [0.15, 0.2) is 40.3 Å². The SMILES string of the molecule is CC(=O)c1cc2c(n1C)Sc1ccccc1N2. The molecular weight excluding hydrogens is 232 g/mol. The first-order valence-corrected chi connectivity index (χ1v) is 6.23. The molecule has 3 rings (SSSR count). The zero-order valence-corrected chi connectivity index (χ0v) is 10.5. The Morgan fingerprint density at radius 2 is 2.06 bits per heavy atom. The Morgan fingerprint density at radius 3 is 2.82 bits per heavy atom. The molecule has 0 radical (unpaired) electrons. The molecule has 0 saturated carbocycles. The monoisotopic (exact) mass is 244 g/mol. The standard InChI is InChI=1S/C13H12N2OS/c1-8(16)11-7-10-13(15(11)2)17-12-6-4-3-5-9(12)14-10/h3-7,14H,1-2H3. The van der Waals surface area contributed by atoms with Gasteiger partial charge in [0.25, 0.3) is 0 Å². The van der Waals surface area contributed by atoms with E-state index >= 15 is 0 Å². The lowest BCUT2D eigenvalue weighted by Gasteiger charge is -2.18. The van der Waals surface area contributed by atoms with Crippen molar-refractivity contribution in [2.75, 3.05) is 5.32 Å². The highest BCUT2D eigenvalue weighted by atomic mass is 32.2. The summed E-state index contributed by atoms with van der Waals surface area (Å²) in [7, 11) is 1.93. The number of nitrogens with one attached hydrogen (secondary N) is 1. The molecule has 1 aromatic carbocycles. The predicted octanol–water partition coefficient (Wildman–Crippen LogP) is 3.44. The maximum Gasteiger partial charge on any atom is 0.176 e. The van der Waals surface area contributed by atoms with Gasteiger partial charge in [-0.2, -0.15) is 0 Å². The molecule has 4 heteroatoms. The van der Waals surface area contributed by atoms with E-state index in [4.69, 9.17) is 0 Å². The van der Waals surface area contributed by atoms with Gasteiger partial charge in [-0.15, -0.1) is 0 Å². The highest BCUT2D eigenvalue weighted by molar-refractivity contribution is 7.99. The van der Waals surface area contributed by atoms with Crippen LogP contribution in [0.5, 0.6) is 0 Å². The second-order valence-electron chi connectivity index (χ2n) is 4.09. The molecule has 0 saturated heterocycles. The van der Waals surface area contributed by atoms with Crippen molar-refractivity contribution in [3.05, 3.63) is 36.0 Å². The fourth-order valence-corrected chi connectivity index (χ4v) is 3.08. The molecular formula is C13H12N2OS. The molecule has 2 heterocycles. The summed E-state index contributed by atoms with van der Waals surface area (Å²) in [5.74, 6) is 0.0911. The Bertz CT molecular complexity index is 616. The largest absolute Gasteiger partial charge is 0.352 e. The number of benzene rings is 1.